The Morgan fingerprint density at radius 1 is 1.36 bits per heavy atom. The molecule has 0 bridgehead atoms. The second-order valence-electron chi connectivity index (χ2n) is 5.89. The van der Waals surface area contributed by atoms with Gasteiger partial charge in [-0.15, -0.1) is 10.2 Å². The van der Waals surface area contributed by atoms with Crippen LogP contribution >= 0.6 is 0 Å². The Kier molecular flexibility index (Phi) is 2.78. The molecule has 0 unspecified atom stereocenters. The van der Waals surface area contributed by atoms with E-state index >= 15 is 0 Å². The average Bonchev–Trinajstić information content (AvgIpc) is 3.36. The molecule has 25 heavy (non-hydrogen) atoms. The van der Waals surface area contributed by atoms with Gasteiger partial charge in [-0.2, -0.15) is 0 Å². The number of aromatic nitrogens is 6. The SMILES string of the molecule is Cn1cnnc1C(=O)N1Cc2[nH]cnc2[C@H]1c1nc2ccccc2o1. The molecule has 1 aliphatic rings. The Morgan fingerprint density at radius 2 is 2.24 bits per heavy atom. The summed E-state index contributed by atoms with van der Waals surface area (Å²) in [5.74, 6) is 0.437. The van der Waals surface area contributed by atoms with Gasteiger partial charge in [-0.1, -0.05) is 12.1 Å². The number of aromatic amines is 1. The van der Waals surface area contributed by atoms with Gasteiger partial charge in [-0.3, -0.25) is 4.79 Å². The lowest BCUT2D eigenvalue weighted by Gasteiger charge is -2.21. The molecular formula is C16H13N7O2. The largest absolute Gasteiger partial charge is 0.438 e. The number of amides is 1. The van der Waals surface area contributed by atoms with Crippen molar-refractivity contribution in [1.29, 1.82) is 0 Å². The summed E-state index contributed by atoms with van der Waals surface area (Å²) in [6, 6.07) is 7.00. The minimum Gasteiger partial charge on any atom is -0.438 e. The molecule has 3 aromatic heterocycles. The van der Waals surface area contributed by atoms with Gasteiger partial charge >= 0.3 is 0 Å². The summed E-state index contributed by atoms with van der Waals surface area (Å²) in [6.45, 7) is 0.379. The number of aryl methyl sites for hydroxylation is 1. The van der Waals surface area contributed by atoms with Crippen molar-refractivity contribution >= 4 is 17.0 Å². The molecule has 0 fully saturated rings. The highest BCUT2D eigenvalue weighted by atomic mass is 16.4. The van der Waals surface area contributed by atoms with Gasteiger partial charge in [-0.25, -0.2) is 9.97 Å². The average molecular weight is 335 g/mol. The third-order valence-corrected chi connectivity index (χ3v) is 4.36. The first-order valence-electron chi connectivity index (χ1n) is 7.75. The van der Waals surface area contributed by atoms with Crippen LogP contribution in [0, 0.1) is 0 Å². The van der Waals surface area contributed by atoms with Crippen LogP contribution in [0.15, 0.2) is 41.3 Å². The van der Waals surface area contributed by atoms with Gasteiger partial charge < -0.3 is 18.9 Å². The van der Waals surface area contributed by atoms with Crippen LogP contribution < -0.4 is 0 Å². The summed E-state index contributed by atoms with van der Waals surface area (Å²) >= 11 is 0. The lowest BCUT2D eigenvalue weighted by Crippen LogP contribution is -2.32. The number of para-hydroxylation sites is 2. The van der Waals surface area contributed by atoms with Crippen molar-refractivity contribution in [3.05, 3.63) is 60.0 Å². The highest BCUT2D eigenvalue weighted by Crippen LogP contribution is 2.38. The number of H-pyrrole nitrogens is 1. The highest BCUT2D eigenvalue weighted by Gasteiger charge is 2.41. The Morgan fingerprint density at radius 3 is 3.04 bits per heavy atom. The zero-order chi connectivity index (χ0) is 17.0. The number of hydrogen-bond acceptors (Lipinski definition) is 6. The second-order valence-corrected chi connectivity index (χ2v) is 5.89. The van der Waals surface area contributed by atoms with Crippen molar-refractivity contribution in [2.45, 2.75) is 12.6 Å². The molecule has 1 aliphatic heterocycles. The van der Waals surface area contributed by atoms with Gasteiger partial charge in [-0.05, 0) is 12.1 Å². The smallest absolute Gasteiger partial charge is 0.293 e. The molecule has 4 aromatic rings. The van der Waals surface area contributed by atoms with Crippen LogP contribution in [0.5, 0.6) is 0 Å². The lowest BCUT2D eigenvalue weighted by molar-refractivity contribution is 0.0679. The number of hydrogen-bond donors (Lipinski definition) is 1. The predicted molar refractivity (Wildman–Crippen MR) is 85.3 cm³/mol. The molecule has 9 heteroatoms. The number of imidazole rings is 1. The molecule has 0 saturated heterocycles. The normalized spacial score (nSPS) is 16.5. The van der Waals surface area contributed by atoms with Gasteiger partial charge in [0, 0.05) is 7.05 Å². The Hall–Kier alpha value is -3.49. The Balaban J connectivity index is 1.63. The summed E-state index contributed by atoms with van der Waals surface area (Å²) < 4.78 is 7.49. The van der Waals surface area contributed by atoms with Crippen LogP contribution in [-0.4, -0.2) is 40.5 Å². The quantitative estimate of drug-likeness (QED) is 0.594. The van der Waals surface area contributed by atoms with E-state index < -0.39 is 6.04 Å². The van der Waals surface area contributed by atoms with Crippen molar-refractivity contribution in [3.8, 4) is 0 Å². The first kappa shape index (κ1) is 13.9. The fourth-order valence-corrected chi connectivity index (χ4v) is 3.15. The van der Waals surface area contributed by atoms with Gasteiger partial charge in [0.25, 0.3) is 5.91 Å². The molecule has 4 heterocycles. The summed E-state index contributed by atoms with van der Waals surface area (Å²) in [7, 11) is 1.73. The zero-order valence-electron chi connectivity index (χ0n) is 13.2. The molecule has 0 spiro atoms. The molecule has 124 valence electrons. The van der Waals surface area contributed by atoms with E-state index in [1.165, 1.54) is 6.33 Å². The van der Waals surface area contributed by atoms with Crippen molar-refractivity contribution in [2.75, 3.05) is 0 Å². The number of rotatable bonds is 2. The van der Waals surface area contributed by atoms with Crippen LogP contribution in [0.25, 0.3) is 11.1 Å². The van der Waals surface area contributed by atoms with Gasteiger partial charge in [0.2, 0.25) is 11.7 Å². The molecule has 1 atom stereocenters. The predicted octanol–water partition coefficient (Wildman–Crippen LogP) is 1.42. The third-order valence-electron chi connectivity index (χ3n) is 4.36. The minimum absolute atomic E-state index is 0.251. The molecular weight excluding hydrogens is 322 g/mol. The van der Waals surface area contributed by atoms with Crippen LogP contribution in [-0.2, 0) is 13.6 Å². The van der Waals surface area contributed by atoms with Crippen molar-refractivity contribution < 1.29 is 9.21 Å². The standard InChI is InChI=1S/C16H13N7O2/c1-22-8-19-21-14(22)16(24)23-6-10-12(18-7-17-10)13(23)15-20-9-4-2-3-5-11(9)25-15/h2-5,7-8,13H,6H2,1H3,(H,17,18)/t13-/m0/s1. The fourth-order valence-electron chi connectivity index (χ4n) is 3.15. The molecule has 0 radical (unpaired) electrons. The molecule has 0 saturated carbocycles. The van der Waals surface area contributed by atoms with E-state index in [0.29, 0.717) is 18.0 Å². The molecule has 0 aliphatic carbocycles. The number of fused-ring (bicyclic) bond motifs is 2. The van der Waals surface area contributed by atoms with Crippen LogP contribution in [0.2, 0.25) is 0 Å². The highest BCUT2D eigenvalue weighted by molar-refractivity contribution is 5.91. The Labute approximate surface area is 141 Å². The van der Waals surface area contributed by atoms with Gasteiger partial charge in [0.05, 0.1) is 24.3 Å². The van der Waals surface area contributed by atoms with E-state index in [-0.39, 0.29) is 11.7 Å². The number of carbonyl (C=O) groups is 1. The maximum absolute atomic E-state index is 13.0. The number of nitrogens with zero attached hydrogens (tertiary/aromatic N) is 6. The first-order chi connectivity index (χ1) is 12.2. The summed E-state index contributed by atoms with van der Waals surface area (Å²) in [5, 5.41) is 7.70. The topological polar surface area (TPSA) is 106 Å². The van der Waals surface area contributed by atoms with Crippen LogP contribution in [0.4, 0.5) is 0 Å². The van der Waals surface area contributed by atoms with Gasteiger partial charge in [0.15, 0.2) is 11.6 Å². The number of oxazole rings is 1. The van der Waals surface area contributed by atoms with Crippen LogP contribution in [0.3, 0.4) is 0 Å². The lowest BCUT2D eigenvalue weighted by atomic mass is 10.2. The Bertz CT molecular complexity index is 1060. The summed E-state index contributed by atoms with van der Waals surface area (Å²) in [5.41, 5.74) is 3.02. The summed E-state index contributed by atoms with van der Waals surface area (Å²) in [4.78, 5) is 26.6. The molecule has 5 rings (SSSR count). The van der Waals surface area contributed by atoms with E-state index in [4.69, 9.17) is 4.42 Å². The van der Waals surface area contributed by atoms with Gasteiger partial charge in [0.1, 0.15) is 11.8 Å². The fraction of sp³-hybridized carbons (Fsp3) is 0.188. The van der Waals surface area contributed by atoms with Crippen molar-refractivity contribution in [3.63, 3.8) is 0 Å². The summed E-state index contributed by atoms with van der Waals surface area (Å²) in [6.07, 6.45) is 3.11. The zero-order valence-corrected chi connectivity index (χ0v) is 13.2. The van der Waals surface area contributed by atoms with E-state index in [9.17, 15) is 4.79 Å². The van der Waals surface area contributed by atoms with E-state index in [0.717, 1.165) is 16.9 Å². The number of benzene rings is 1. The van der Waals surface area contributed by atoms with Crippen molar-refractivity contribution in [2.24, 2.45) is 7.05 Å². The molecule has 9 nitrogen and oxygen atoms in total. The van der Waals surface area contributed by atoms with E-state index in [2.05, 4.69) is 25.1 Å². The number of carbonyl (C=O) groups excluding carboxylic acids is 1. The van der Waals surface area contributed by atoms with Crippen molar-refractivity contribution in [1.82, 2.24) is 34.6 Å². The molecule has 1 aromatic carbocycles. The minimum atomic E-state index is -0.502. The van der Waals surface area contributed by atoms with E-state index in [1.807, 2.05) is 24.3 Å². The monoisotopic (exact) mass is 335 g/mol. The second kappa shape index (κ2) is 5.00. The first-order valence-corrected chi connectivity index (χ1v) is 7.75. The molecule has 1 amide bonds. The maximum Gasteiger partial charge on any atom is 0.293 e. The maximum atomic E-state index is 13.0. The van der Waals surface area contributed by atoms with E-state index in [1.54, 1.807) is 22.8 Å². The third kappa shape index (κ3) is 1.98. The van der Waals surface area contributed by atoms with Crippen LogP contribution in [0.1, 0.15) is 33.9 Å². The number of nitrogens with one attached hydrogen (secondary N) is 1. The molecule has 1 N–H and O–H groups in total.